The van der Waals surface area contributed by atoms with Crippen LogP contribution >= 0.6 is 0 Å². The van der Waals surface area contributed by atoms with Gasteiger partial charge in [-0.05, 0) is 20.4 Å². The summed E-state index contributed by atoms with van der Waals surface area (Å²) >= 11 is 0. The fourth-order valence-corrected chi connectivity index (χ4v) is 1.53. The molecular weight excluding hydrogens is 154 g/mol. The predicted octanol–water partition coefficient (Wildman–Crippen LogP) is 1.14. The molecule has 1 saturated heterocycles. The molecule has 0 amide bonds. The van der Waals surface area contributed by atoms with E-state index in [1.807, 2.05) is 7.05 Å². The number of rotatable bonds is 4. The second-order valence-electron chi connectivity index (χ2n) is 3.36. The first kappa shape index (κ1) is 9.96. The number of nitrogens with one attached hydrogen (secondary N) is 1. The molecule has 1 atom stereocenters. The minimum atomic E-state index is -0.303. The summed E-state index contributed by atoms with van der Waals surface area (Å²) in [5.74, 6) is -0.303. The quantitative estimate of drug-likeness (QED) is 0.691. The predicted molar refractivity (Wildman–Crippen MR) is 48.1 cm³/mol. The van der Waals surface area contributed by atoms with Crippen molar-refractivity contribution in [3.05, 3.63) is 0 Å². The molecule has 72 valence electrons. The zero-order valence-corrected chi connectivity index (χ0v) is 8.22. The van der Waals surface area contributed by atoms with E-state index in [4.69, 9.17) is 9.47 Å². The van der Waals surface area contributed by atoms with Gasteiger partial charge in [0.25, 0.3) is 0 Å². The van der Waals surface area contributed by atoms with Crippen molar-refractivity contribution in [2.24, 2.45) is 0 Å². The first-order valence-corrected chi connectivity index (χ1v) is 4.67. The topological polar surface area (TPSA) is 30.5 Å². The highest BCUT2D eigenvalue weighted by molar-refractivity contribution is 4.77. The minimum absolute atomic E-state index is 0.303. The maximum absolute atomic E-state index is 5.60. The highest BCUT2D eigenvalue weighted by Gasteiger charge is 2.35. The third-order valence-electron chi connectivity index (χ3n) is 2.46. The van der Waals surface area contributed by atoms with E-state index in [1.54, 1.807) is 0 Å². The van der Waals surface area contributed by atoms with E-state index in [9.17, 15) is 0 Å². The maximum Gasteiger partial charge on any atom is 0.169 e. The van der Waals surface area contributed by atoms with Crippen LogP contribution in [0.15, 0.2) is 0 Å². The highest BCUT2D eigenvalue weighted by atomic mass is 16.7. The summed E-state index contributed by atoms with van der Waals surface area (Å²) in [4.78, 5) is 0. The second kappa shape index (κ2) is 4.21. The molecule has 0 spiro atoms. The van der Waals surface area contributed by atoms with Crippen LogP contribution < -0.4 is 5.32 Å². The molecule has 0 radical (unpaired) electrons. The van der Waals surface area contributed by atoms with Crippen LogP contribution in [0, 0.1) is 0 Å². The number of ether oxygens (including phenoxy) is 2. The first-order chi connectivity index (χ1) is 5.72. The van der Waals surface area contributed by atoms with Gasteiger partial charge in [-0.25, -0.2) is 0 Å². The van der Waals surface area contributed by atoms with Crippen molar-refractivity contribution in [3.8, 4) is 0 Å². The largest absolute Gasteiger partial charge is 0.347 e. The van der Waals surface area contributed by atoms with Crippen LogP contribution in [0.1, 0.15) is 26.7 Å². The molecule has 0 bridgehead atoms. The van der Waals surface area contributed by atoms with Gasteiger partial charge >= 0.3 is 0 Å². The van der Waals surface area contributed by atoms with E-state index >= 15 is 0 Å². The average Bonchev–Trinajstić information content (AvgIpc) is 2.54. The van der Waals surface area contributed by atoms with Gasteiger partial charge in [-0.2, -0.15) is 0 Å². The van der Waals surface area contributed by atoms with Crippen LogP contribution in [0.25, 0.3) is 0 Å². The standard InChI is InChI=1S/C9H19NO2/c1-4-9(7-8(2)10-3)11-5-6-12-9/h8,10H,4-7H2,1-3H3. The fourth-order valence-electron chi connectivity index (χ4n) is 1.53. The van der Waals surface area contributed by atoms with Crippen molar-refractivity contribution in [1.82, 2.24) is 5.32 Å². The van der Waals surface area contributed by atoms with Gasteiger partial charge in [-0.3, -0.25) is 0 Å². The van der Waals surface area contributed by atoms with Crippen molar-refractivity contribution >= 4 is 0 Å². The molecule has 1 fully saturated rings. The molecule has 1 unspecified atom stereocenters. The van der Waals surface area contributed by atoms with Crippen LogP contribution in [0.5, 0.6) is 0 Å². The summed E-state index contributed by atoms with van der Waals surface area (Å²) in [6.45, 7) is 5.73. The molecule has 0 aliphatic carbocycles. The van der Waals surface area contributed by atoms with Crippen LogP contribution in [-0.2, 0) is 9.47 Å². The van der Waals surface area contributed by atoms with E-state index < -0.39 is 0 Å². The maximum atomic E-state index is 5.60. The summed E-state index contributed by atoms with van der Waals surface area (Å²) in [5.41, 5.74) is 0. The third-order valence-corrected chi connectivity index (χ3v) is 2.46. The van der Waals surface area contributed by atoms with Gasteiger partial charge in [0.1, 0.15) is 0 Å². The lowest BCUT2D eigenvalue weighted by Crippen LogP contribution is -2.37. The summed E-state index contributed by atoms with van der Waals surface area (Å²) < 4.78 is 11.2. The van der Waals surface area contributed by atoms with Crippen molar-refractivity contribution < 1.29 is 9.47 Å². The molecule has 0 aromatic rings. The second-order valence-corrected chi connectivity index (χ2v) is 3.36. The molecule has 0 aromatic carbocycles. The Balaban J connectivity index is 2.43. The molecule has 3 heteroatoms. The monoisotopic (exact) mass is 173 g/mol. The van der Waals surface area contributed by atoms with E-state index in [2.05, 4.69) is 19.2 Å². The van der Waals surface area contributed by atoms with Crippen LogP contribution in [0.3, 0.4) is 0 Å². The van der Waals surface area contributed by atoms with Gasteiger partial charge in [-0.15, -0.1) is 0 Å². The van der Waals surface area contributed by atoms with Crippen molar-refractivity contribution in [2.75, 3.05) is 20.3 Å². The third kappa shape index (κ3) is 2.19. The van der Waals surface area contributed by atoms with Gasteiger partial charge in [0.15, 0.2) is 5.79 Å². The Kier molecular flexibility index (Phi) is 3.50. The Bertz CT molecular complexity index is 132. The summed E-state index contributed by atoms with van der Waals surface area (Å²) in [6.07, 6.45) is 1.86. The van der Waals surface area contributed by atoms with Crippen molar-refractivity contribution in [3.63, 3.8) is 0 Å². The minimum Gasteiger partial charge on any atom is -0.347 e. The summed E-state index contributed by atoms with van der Waals surface area (Å²) in [5, 5.41) is 3.19. The molecule has 0 aromatic heterocycles. The first-order valence-electron chi connectivity index (χ1n) is 4.67. The van der Waals surface area contributed by atoms with Crippen LogP contribution in [0.2, 0.25) is 0 Å². The Morgan fingerprint density at radius 3 is 2.42 bits per heavy atom. The smallest absolute Gasteiger partial charge is 0.169 e. The Morgan fingerprint density at radius 2 is 2.00 bits per heavy atom. The number of hydrogen-bond donors (Lipinski definition) is 1. The SMILES string of the molecule is CCC1(CC(C)NC)OCCO1. The molecule has 1 heterocycles. The van der Waals surface area contributed by atoms with Crippen molar-refractivity contribution in [1.29, 1.82) is 0 Å². The Hall–Kier alpha value is -0.120. The summed E-state index contributed by atoms with van der Waals surface area (Å²) in [6, 6.07) is 0.447. The van der Waals surface area contributed by atoms with Gasteiger partial charge in [0, 0.05) is 12.5 Å². The van der Waals surface area contributed by atoms with E-state index in [-0.39, 0.29) is 5.79 Å². The molecule has 1 N–H and O–H groups in total. The van der Waals surface area contributed by atoms with Crippen LogP contribution in [0.4, 0.5) is 0 Å². The molecule has 0 saturated carbocycles. The lowest BCUT2D eigenvalue weighted by Gasteiger charge is -2.28. The normalized spacial score (nSPS) is 24.2. The molecule has 1 rings (SSSR count). The zero-order chi connectivity index (χ0) is 9.03. The van der Waals surface area contributed by atoms with Gasteiger partial charge in [0.05, 0.1) is 13.2 Å². The Labute approximate surface area is 74.4 Å². The van der Waals surface area contributed by atoms with Gasteiger partial charge < -0.3 is 14.8 Å². The lowest BCUT2D eigenvalue weighted by molar-refractivity contribution is -0.167. The molecule has 12 heavy (non-hydrogen) atoms. The Morgan fingerprint density at radius 1 is 1.42 bits per heavy atom. The lowest BCUT2D eigenvalue weighted by atomic mass is 10.1. The van der Waals surface area contributed by atoms with Gasteiger partial charge in [-0.1, -0.05) is 6.92 Å². The molecule has 3 nitrogen and oxygen atoms in total. The highest BCUT2D eigenvalue weighted by Crippen LogP contribution is 2.28. The van der Waals surface area contributed by atoms with Gasteiger partial charge in [0.2, 0.25) is 0 Å². The van der Waals surface area contributed by atoms with Crippen LogP contribution in [-0.4, -0.2) is 32.1 Å². The number of hydrogen-bond acceptors (Lipinski definition) is 3. The van der Waals surface area contributed by atoms with Crippen molar-refractivity contribution in [2.45, 2.75) is 38.5 Å². The fraction of sp³-hybridized carbons (Fsp3) is 1.00. The molecule has 1 aliphatic heterocycles. The molecular formula is C9H19NO2. The van der Waals surface area contributed by atoms with E-state index in [0.29, 0.717) is 6.04 Å². The van der Waals surface area contributed by atoms with E-state index in [1.165, 1.54) is 0 Å². The molecule has 1 aliphatic rings. The summed E-state index contributed by atoms with van der Waals surface area (Å²) in [7, 11) is 1.96. The zero-order valence-electron chi connectivity index (χ0n) is 8.22. The average molecular weight is 173 g/mol. The van der Waals surface area contributed by atoms with E-state index in [0.717, 1.165) is 26.1 Å².